The van der Waals surface area contributed by atoms with Crippen molar-refractivity contribution in [1.29, 1.82) is 0 Å². The van der Waals surface area contributed by atoms with Gasteiger partial charge in [-0.15, -0.1) is 0 Å². The molecule has 2 nitrogen and oxygen atoms in total. The molecule has 0 aliphatic carbocycles. The van der Waals surface area contributed by atoms with Crippen LogP contribution in [0, 0.1) is 0 Å². The summed E-state index contributed by atoms with van der Waals surface area (Å²) in [6.07, 6.45) is 3.41. The molecule has 3 rings (SSSR count). The Morgan fingerprint density at radius 3 is 1.65 bits per heavy atom. The maximum absolute atomic E-state index is 11.3. The van der Waals surface area contributed by atoms with Gasteiger partial charge in [0.15, 0.2) is 0 Å². The molecule has 0 radical (unpaired) electrons. The second-order valence-corrected chi connectivity index (χ2v) is 10.7. The van der Waals surface area contributed by atoms with E-state index >= 15 is 0 Å². The standard InChI is InChI=1S/C23H25O2P/c1-2-3-18-26(20-10-6-4-7-11-20,21-12-8-5-9-13-21)22-16-14-19(15-17-22)23(24)25/h4-17,26H,2-3,18H2,1H3,(H,24,25). The number of rotatable bonds is 7. The number of carboxylic acids is 1. The number of hydrogen-bond donors (Lipinski definition) is 1. The molecule has 0 unspecified atom stereocenters. The molecule has 3 heteroatoms. The molecule has 0 heterocycles. The first-order chi connectivity index (χ1) is 12.7. The predicted octanol–water partition coefficient (Wildman–Crippen LogP) is 4.21. The third-order valence-electron chi connectivity index (χ3n) is 5.06. The third-order valence-corrected chi connectivity index (χ3v) is 10.1. The first-order valence-corrected chi connectivity index (χ1v) is 11.3. The summed E-state index contributed by atoms with van der Waals surface area (Å²) >= 11 is 0. The molecule has 0 saturated heterocycles. The van der Waals surface area contributed by atoms with E-state index in [-0.39, 0.29) is 0 Å². The quantitative estimate of drug-likeness (QED) is 0.638. The molecule has 0 aliphatic rings. The van der Waals surface area contributed by atoms with Gasteiger partial charge in [0.1, 0.15) is 0 Å². The topological polar surface area (TPSA) is 37.3 Å². The second-order valence-electron chi connectivity index (χ2n) is 6.62. The van der Waals surface area contributed by atoms with Crippen molar-refractivity contribution in [3.63, 3.8) is 0 Å². The van der Waals surface area contributed by atoms with E-state index in [1.54, 1.807) is 12.1 Å². The summed E-state index contributed by atoms with van der Waals surface area (Å²) in [6.45, 7) is 2.22. The monoisotopic (exact) mass is 364 g/mol. The molecule has 134 valence electrons. The van der Waals surface area contributed by atoms with Crippen molar-refractivity contribution in [3.8, 4) is 0 Å². The molecule has 0 atom stereocenters. The number of carbonyl (C=O) groups is 1. The maximum atomic E-state index is 11.3. The fraction of sp³-hybridized carbons (Fsp3) is 0.174. The van der Waals surface area contributed by atoms with Gasteiger partial charge in [0.25, 0.3) is 0 Å². The van der Waals surface area contributed by atoms with Gasteiger partial charge in [-0.2, -0.15) is 0 Å². The summed E-state index contributed by atoms with van der Waals surface area (Å²) in [4.78, 5) is 11.3. The first kappa shape index (κ1) is 18.4. The fourth-order valence-corrected chi connectivity index (χ4v) is 8.73. The number of carboxylic acid groups (broad SMARTS) is 1. The SMILES string of the molecule is CCCC[PH](c1ccccc1)(c1ccccc1)c1ccc(C(=O)O)cc1. The first-order valence-electron chi connectivity index (χ1n) is 9.13. The average Bonchev–Trinajstić information content (AvgIpc) is 2.70. The molecular formula is C23H25O2P. The Hall–Kier alpha value is -2.44. The van der Waals surface area contributed by atoms with Crippen LogP contribution in [-0.4, -0.2) is 17.2 Å². The van der Waals surface area contributed by atoms with Gasteiger partial charge >= 0.3 is 155 Å². The van der Waals surface area contributed by atoms with Crippen LogP contribution in [0.4, 0.5) is 0 Å². The predicted molar refractivity (Wildman–Crippen MR) is 113 cm³/mol. The zero-order valence-corrected chi connectivity index (χ0v) is 16.1. The van der Waals surface area contributed by atoms with Crippen LogP contribution in [0.3, 0.4) is 0 Å². The van der Waals surface area contributed by atoms with Crippen molar-refractivity contribution in [2.75, 3.05) is 6.16 Å². The summed E-state index contributed by atoms with van der Waals surface area (Å²) in [5.41, 5.74) is 0.341. The summed E-state index contributed by atoms with van der Waals surface area (Å²) in [6, 6.07) is 29.1. The van der Waals surface area contributed by atoms with Gasteiger partial charge in [-0.25, -0.2) is 0 Å². The molecule has 1 N–H and O–H groups in total. The molecule has 0 saturated carbocycles. The number of aromatic carboxylic acids is 1. The van der Waals surface area contributed by atoms with E-state index in [1.165, 1.54) is 15.9 Å². The Labute approximate surface area is 155 Å². The van der Waals surface area contributed by atoms with Crippen molar-refractivity contribution >= 4 is 29.1 Å². The van der Waals surface area contributed by atoms with Gasteiger partial charge in [0.2, 0.25) is 0 Å². The van der Waals surface area contributed by atoms with Gasteiger partial charge in [-0.1, -0.05) is 0 Å². The molecular weight excluding hydrogens is 339 g/mol. The van der Waals surface area contributed by atoms with Crippen LogP contribution in [-0.2, 0) is 0 Å². The summed E-state index contributed by atoms with van der Waals surface area (Å²) in [5, 5.41) is 13.3. The Morgan fingerprint density at radius 2 is 1.23 bits per heavy atom. The van der Waals surface area contributed by atoms with Gasteiger partial charge in [0.05, 0.1) is 0 Å². The van der Waals surface area contributed by atoms with Crippen LogP contribution < -0.4 is 15.9 Å². The van der Waals surface area contributed by atoms with Gasteiger partial charge < -0.3 is 0 Å². The minimum absolute atomic E-state index is 0.341. The second kappa shape index (κ2) is 8.29. The van der Waals surface area contributed by atoms with Crippen LogP contribution in [0.1, 0.15) is 30.1 Å². The van der Waals surface area contributed by atoms with E-state index < -0.39 is 13.2 Å². The van der Waals surface area contributed by atoms with E-state index in [9.17, 15) is 9.90 Å². The molecule has 26 heavy (non-hydrogen) atoms. The van der Waals surface area contributed by atoms with E-state index in [2.05, 4.69) is 67.6 Å². The Kier molecular flexibility index (Phi) is 5.85. The molecule has 0 spiro atoms. The van der Waals surface area contributed by atoms with E-state index in [0.717, 1.165) is 19.0 Å². The van der Waals surface area contributed by atoms with Crippen molar-refractivity contribution in [2.24, 2.45) is 0 Å². The zero-order valence-electron chi connectivity index (χ0n) is 15.1. The van der Waals surface area contributed by atoms with E-state index in [1.807, 2.05) is 12.1 Å². The number of unbranched alkanes of at least 4 members (excludes halogenated alkanes) is 1. The van der Waals surface area contributed by atoms with Crippen molar-refractivity contribution in [3.05, 3.63) is 90.5 Å². The minimum atomic E-state index is -2.20. The van der Waals surface area contributed by atoms with Crippen molar-refractivity contribution in [2.45, 2.75) is 19.8 Å². The van der Waals surface area contributed by atoms with Crippen LogP contribution in [0.5, 0.6) is 0 Å². The van der Waals surface area contributed by atoms with Crippen molar-refractivity contribution < 1.29 is 9.90 Å². The van der Waals surface area contributed by atoms with Crippen LogP contribution >= 0.6 is 7.26 Å². The number of benzene rings is 3. The Morgan fingerprint density at radius 1 is 0.769 bits per heavy atom. The Balaban J connectivity index is 2.24. The zero-order chi connectivity index (χ0) is 18.4. The molecule has 0 aromatic heterocycles. The van der Waals surface area contributed by atoms with E-state index in [0.29, 0.717) is 5.56 Å². The molecule has 3 aromatic carbocycles. The summed E-state index contributed by atoms with van der Waals surface area (Å²) in [7, 11) is -2.20. The molecule has 0 aliphatic heterocycles. The average molecular weight is 364 g/mol. The molecule has 0 amide bonds. The normalized spacial score (nSPS) is 11.9. The summed E-state index contributed by atoms with van der Waals surface area (Å²) < 4.78 is 0. The van der Waals surface area contributed by atoms with E-state index in [4.69, 9.17) is 0 Å². The molecule has 0 fully saturated rings. The van der Waals surface area contributed by atoms with Crippen molar-refractivity contribution in [1.82, 2.24) is 0 Å². The molecule has 3 aromatic rings. The number of hydrogen-bond acceptors (Lipinski definition) is 1. The summed E-state index contributed by atoms with van der Waals surface area (Å²) in [5.74, 6) is -0.878. The van der Waals surface area contributed by atoms with Gasteiger partial charge in [-0.3, -0.25) is 0 Å². The van der Waals surface area contributed by atoms with Crippen LogP contribution in [0.25, 0.3) is 0 Å². The third kappa shape index (κ3) is 3.57. The van der Waals surface area contributed by atoms with Crippen LogP contribution in [0.2, 0.25) is 0 Å². The van der Waals surface area contributed by atoms with Crippen LogP contribution in [0.15, 0.2) is 84.9 Å². The van der Waals surface area contributed by atoms with Gasteiger partial charge in [0, 0.05) is 0 Å². The Bertz CT molecular complexity index is 803. The fourth-order valence-electron chi connectivity index (χ4n) is 3.72. The van der Waals surface area contributed by atoms with Gasteiger partial charge in [-0.05, 0) is 0 Å². The molecule has 0 bridgehead atoms.